The maximum atomic E-state index is 12.7. The van der Waals surface area contributed by atoms with E-state index in [9.17, 15) is 14.4 Å². The van der Waals surface area contributed by atoms with Crippen LogP contribution in [-0.4, -0.2) is 48.1 Å². The van der Waals surface area contributed by atoms with E-state index >= 15 is 0 Å². The van der Waals surface area contributed by atoms with Crippen LogP contribution in [0.5, 0.6) is 0 Å². The normalized spacial score (nSPS) is 21.0. The molecule has 1 amide bonds. The molecule has 0 radical (unpaired) electrons. The van der Waals surface area contributed by atoms with Gasteiger partial charge in [-0.05, 0) is 25.5 Å². The zero-order valence-electron chi connectivity index (χ0n) is 15.3. The highest BCUT2D eigenvalue weighted by Crippen LogP contribution is 2.44. The molecule has 1 aliphatic rings. The molecule has 1 aromatic heterocycles. The third kappa shape index (κ3) is 4.23. The third-order valence-electron chi connectivity index (χ3n) is 4.23. The molecule has 0 bridgehead atoms. The van der Waals surface area contributed by atoms with Crippen LogP contribution in [0.4, 0.5) is 0 Å². The molecule has 1 aromatic rings. The molecule has 0 aromatic carbocycles. The molecule has 1 N–H and O–H groups in total. The first-order valence-electron chi connectivity index (χ1n) is 8.83. The summed E-state index contributed by atoms with van der Waals surface area (Å²) >= 11 is 2.57. The lowest BCUT2D eigenvalue weighted by Crippen LogP contribution is -2.57. The monoisotopic (exact) mass is 399 g/mol. The van der Waals surface area contributed by atoms with Crippen LogP contribution in [0.3, 0.4) is 0 Å². The van der Waals surface area contributed by atoms with Crippen molar-refractivity contribution in [2.45, 2.75) is 44.3 Å². The van der Waals surface area contributed by atoms with Crippen LogP contribution >= 0.6 is 23.1 Å². The molecule has 8 heteroatoms. The van der Waals surface area contributed by atoms with E-state index in [0.29, 0.717) is 23.8 Å². The minimum atomic E-state index is -1.33. The SMILES string of the molecule is CCCCOC(=O)c1ccc(C(C)C2(C(=O)OCC)SCCNC2=O)s1. The van der Waals surface area contributed by atoms with Gasteiger partial charge in [-0.1, -0.05) is 20.3 Å². The average Bonchev–Trinajstić information content (AvgIpc) is 3.12. The summed E-state index contributed by atoms with van der Waals surface area (Å²) in [4.78, 5) is 38.7. The Morgan fingerprint density at radius 3 is 2.73 bits per heavy atom. The Kier molecular flexibility index (Phi) is 7.52. The number of hydrogen-bond donors (Lipinski definition) is 1. The molecule has 2 atom stereocenters. The van der Waals surface area contributed by atoms with Gasteiger partial charge in [0.15, 0.2) is 4.75 Å². The van der Waals surface area contributed by atoms with Crippen molar-refractivity contribution in [1.82, 2.24) is 5.32 Å². The molecule has 26 heavy (non-hydrogen) atoms. The number of carbonyl (C=O) groups is 3. The van der Waals surface area contributed by atoms with Crippen LogP contribution in [-0.2, 0) is 19.1 Å². The topological polar surface area (TPSA) is 81.7 Å². The van der Waals surface area contributed by atoms with Crippen molar-refractivity contribution in [1.29, 1.82) is 0 Å². The highest BCUT2D eigenvalue weighted by molar-refractivity contribution is 8.02. The van der Waals surface area contributed by atoms with E-state index < -0.39 is 16.6 Å². The molecule has 6 nitrogen and oxygen atoms in total. The van der Waals surface area contributed by atoms with E-state index in [1.807, 2.05) is 13.8 Å². The summed E-state index contributed by atoms with van der Waals surface area (Å²) in [5.74, 6) is -1.02. The number of esters is 2. The summed E-state index contributed by atoms with van der Waals surface area (Å²) in [6.45, 7) is 6.70. The minimum Gasteiger partial charge on any atom is -0.465 e. The van der Waals surface area contributed by atoms with E-state index in [2.05, 4.69) is 5.32 Å². The fraction of sp³-hybridized carbons (Fsp3) is 0.611. The second-order valence-corrected chi connectivity index (χ2v) is 8.43. The van der Waals surface area contributed by atoms with Crippen molar-refractivity contribution >= 4 is 40.9 Å². The Morgan fingerprint density at radius 1 is 1.31 bits per heavy atom. The first-order chi connectivity index (χ1) is 12.5. The van der Waals surface area contributed by atoms with Gasteiger partial charge in [-0.25, -0.2) is 9.59 Å². The summed E-state index contributed by atoms with van der Waals surface area (Å²) in [5.41, 5.74) is 0. The van der Waals surface area contributed by atoms with Gasteiger partial charge in [0, 0.05) is 23.1 Å². The Labute approximate surface area is 162 Å². The van der Waals surface area contributed by atoms with E-state index in [0.717, 1.165) is 17.7 Å². The van der Waals surface area contributed by atoms with Gasteiger partial charge in [-0.15, -0.1) is 23.1 Å². The van der Waals surface area contributed by atoms with Gasteiger partial charge in [-0.2, -0.15) is 0 Å². The van der Waals surface area contributed by atoms with Crippen LogP contribution < -0.4 is 5.32 Å². The van der Waals surface area contributed by atoms with Crippen LogP contribution in [0.2, 0.25) is 0 Å². The van der Waals surface area contributed by atoms with Crippen LogP contribution in [0.15, 0.2) is 12.1 Å². The number of thioether (sulfide) groups is 1. The highest BCUT2D eigenvalue weighted by Gasteiger charge is 2.54. The Hall–Kier alpha value is -1.54. The van der Waals surface area contributed by atoms with Crippen molar-refractivity contribution in [3.8, 4) is 0 Å². The quantitative estimate of drug-likeness (QED) is 0.411. The zero-order valence-corrected chi connectivity index (χ0v) is 17.0. The van der Waals surface area contributed by atoms with Crippen LogP contribution in [0.1, 0.15) is 54.1 Å². The lowest BCUT2D eigenvalue weighted by molar-refractivity contribution is -0.150. The number of thiophene rings is 1. The Balaban J connectivity index is 2.24. The number of carbonyl (C=O) groups excluding carboxylic acids is 3. The predicted octanol–water partition coefficient (Wildman–Crippen LogP) is 2.97. The van der Waals surface area contributed by atoms with E-state index in [4.69, 9.17) is 9.47 Å². The van der Waals surface area contributed by atoms with E-state index in [1.54, 1.807) is 19.1 Å². The fourth-order valence-corrected chi connectivity index (χ4v) is 5.12. The van der Waals surface area contributed by atoms with Crippen molar-refractivity contribution < 1.29 is 23.9 Å². The van der Waals surface area contributed by atoms with E-state index in [1.165, 1.54) is 23.1 Å². The number of hydrogen-bond acceptors (Lipinski definition) is 7. The fourth-order valence-electron chi connectivity index (χ4n) is 2.74. The first kappa shape index (κ1) is 20.8. The molecule has 2 unspecified atom stereocenters. The summed E-state index contributed by atoms with van der Waals surface area (Å²) in [5, 5.41) is 2.78. The van der Waals surface area contributed by atoms with Gasteiger partial charge >= 0.3 is 11.9 Å². The standard InChI is InChI=1S/C18H25NO5S2/c1-4-6-10-24-15(20)14-8-7-13(26-14)12(3)18(17(22)23-5-2)16(21)19-9-11-25-18/h7-8,12H,4-6,9-11H2,1-3H3,(H,19,21). The summed E-state index contributed by atoms with van der Waals surface area (Å²) in [6.07, 6.45) is 1.78. The van der Waals surface area contributed by atoms with Gasteiger partial charge in [-0.3, -0.25) is 4.79 Å². The number of amides is 1. The molecule has 2 heterocycles. The second kappa shape index (κ2) is 9.41. The lowest BCUT2D eigenvalue weighted by atomic mass is 9.90. The highest BCUT2D eigenvalue weighted by atomic mass is 32.2. The van der Waals surface area contributed by atoms with Crippen molar-refractivity contribution in [3.63, 3.8) is 0 Å². The van der Waals surface area contributed by atoms with Crippen molar-refractivity contribution in [3.05, 3.63) is 21.9 Å². The van der Waals surface area contributed by atoms with Gasteiger partial charge < -0.3 is 14.8 Å². The summed E-state index contributed by atoms with van der Waals surface area (Å²) in [6, 6.07) is 3.48. The van der Waals surface area contributed by atoms with Crippen LogP contribution in [0, 0.1) is 0 Å². The smallest absolute Gasteiger partial charge is 0.348 e. The van der Waals surface area contributed by atoms with Gasteiger partial charge in [0.1, 0.15) is 4.88 Å². The molecule has 0 spiro atoms. The molecule has 1 aliphatic heterocycles. The number of unbranched alkanes of at least 4 members (excludes halogenated alkanes) is 1. The van der Waals surface area contributed by atoms with Gasteiger partial charge in [0.2, 0.25) is 5.91 Å². The third-order valence-corrected chi connectivity index (χ3v) is 7.05. The average molecular weight is 400 g/mol. The molecule has 144 valence electrons. The zero-order chi connectivity index (χ0) is 19.2. The van der Waals surface area contributed by atoms with Crippen molar-refractivity contribution in [2.75, 3.05) is 25.5 Å². The van der Waals surface area contributed by atoms with Gasteiger partial charge in [0.25, 0.3) is 0 Å². The molecule has 0 aliphatic carbocycles. The molecule has 1 fully saturated rings. The number of nitrogens with one attached hydrogen (secondary N) is 1. The molecule has 0 saturated carbocycles. The molecule has 1 saturated heterocycles. The maximum absolute atomic E-state index is 12.7. The summed E-state index contributed by atoms with van der Waals surface area (Å²) in [7, 11) is 0. The lowest BCUT2D eigenvalue weighted by Gasteiger charge is -2.37. The first-order valence-corrected chi connectivity index (χ1v) is 10.6. The van der Waals surface area contributed by atoms with E-state index in [-0.39, 0.29) is 18.5 Å². The summed E-state index contributed by atoms with van der Waals surface area (Å²) < 4.78 is 9.11. The number of rotatable bonds is 8. The molecular weight excluding hydrogens is 374 g/mol. The predicted molar refractivity (Wildman–Crippen MR) is 103 cm³/mol. The largest absolute Gasteiger partial charge is 0.465 e. The van der Waals surface area contributed by atoms with Crippen molar-refractivity contribution in [2.24, 2.45) is 0 Å². The van der Waals surface area contributed by atoms with Gasteiger partial charge in [0.05, 0.1) is 13.2 Å². The number of ether oxygens (including phenoxy) is 2. The Bertz CT molecular complexity index is 660. The second-order valence-electron chi connectivity index (χ2n) is 5.97. The molecular formula is C18H25NO5S2. The molecule has 2 rings (SSSR count). The minimum absolute atomic E-state index is 0.209. The maximum Gasteiger partial charge on any atom is 0.348 e. The Morgan fingerprint density at radius 2 is 2.08 bits per heavy atom. The van der Waals surface area contributed by atoms with Crippen LogP contribution in [0.25, 0.3) is 0 Å².